The average molecular weight is 345 g/mol. The Balaban J connectivity index is 1.52. The number of amides is 1. The van der Waals surface area contributed by atoms with E-state index in [1.807, 2.05) is 0 Å². The number of aromatic amines is 2. The van der Waals surface area contributed by atoms with Crippen molar-refractivity contribution in [1.29, 1.82) is 0 Å². The summed E-state index contributed by atoms with van der Waals surface area (Å²) in [6.45, 7) is 0.701. The molecule has 2 heterocycles. The third-order valence-electron chi connectivity index (χ3n) is 4.80. The van der Waals surface area contributed by atoms with E-state index in [0.717, 1.165) is 12.8 Å². The van der Waals surface area contributed by atoms with E-state index >= 15 is 0 Å². The van der Waals surface area contributed by atoms with Gasteiger partial charge in [-0.25, -0.2) is 0 Å². The van der Waals surface area contributed by atoms with Crippen molar-refractivity contribution in [2.45, 2.75) is 37.8 Å². The molecule has 126 valence electrons. The molecule has 24 heavy (non-hydrogen) atoms. The predicted octanol–water partition coefficient (Wildman–Crippen LogP) is 2.27. The number of rotatable bonds is 3. The normalized spacial score (nSPS) is 24.0. The van der Waals surface area contributed by atoms with Gasteiger partial charge in [0.25, 0.3) is 11.5 Å². The van der Waals surface area contributed by atoms with Crippen molar-refractivity contribution >= 4 is 29.0 Å². The molecule has 1 amide bonds. The number of aromatic nitrogens is 2. The fourth-order valence-corrected chi connectivity index (χ4v) is 3.54. The zero-order valence-corrected chi connectivity index (χ0v) is 13.9. The Kier molecular flexibility index (Phi) is 3.97. The van der Waals surface area contributed by atoms with Crippen LogP contribution in [-0.4, -0.2) is 34.6 Å². The molecule has 0 unspecified atom stereocenters. The molecular formula is C17H19N3O3S. The zero-order chi connectivity index (χ0) is 16.7. The molecular weight excluding hydrogens is 326 g/mol. The number of carbonyl (C=O) groups excluding carboxylic acids is 1. The lowest BCUT2D eigenvalue weighted by Crippen LogP contribution is -2.42. The summed E-state index contributed by atoms with van der Waals surface area (Å²) in [6.07, 6.45) is 4.49. The van der Waals surface area contributed by atoms with Crippen LogP contribution in [0.25, 0.3) is 10.9 Å². The molecule has 0 spiro atoms. The van der Waals surface area contributed by atoms with E-state index < -0.39 is 0 Å². The second-order valence-corrected chi connectivity index (χ2v) is 7.02. The lowest BCUT2D eigenvalue weighted by Gasteiger charge is -2.30. The molecule has 6 nitrogen and oxygen atoms in total. The first-order chi connectivity index (χ1) is 11.6. The minimum Gasteiger partial charge on any atom is -0.378 e. The first-order valence-corrected chi connectivity index (χ1v) is 8.70. The van der Waals surface area contributed by atoms with Crippen LogP contribution in [0.4, 0.5) is 0 Å². The molecule has 1 aromatic heterocycles. The van der Waals surface area contributed by atoms with Crippen LogP contribution in [0.2, 0.25) is 0 Å². The van der Waals surface area contributed by atoms with Crippen LogP contribution in [-0.2, 0) is 4.74 Å². The Labute approximate surface area is 143 Å². The van der Waals surface area contributed by atoms with Gasteiger partial charge in [-0.3, -0.25) is 14.6 Å². The van der Waals surface area contributed by atoms with Crippen LogP contribution >= 0.6 is 12.2 Å². The van der Waals surface area contributed by atoms with Crippen LogP contribution in [0, 0.1) is 10.7 Å². The standard InChI is InChI=1S/C17H19N3O3S/c21-15(18-11-5-6-23-14(8-11)9-1-2-9)10-3-4-12-13(7-10)19-17(24)20-16(12)22/h3-4,7,9,11,14H,1-2,5-6,8H2,(H,18,21)(H2,19,20,22,24)/t11-,14+/m0/s1. The van der Waals surface area contributed by atoms with E-state index in [1.165, 1.54) is 12.8 Å². The lowest BCUT2D eigenvalue weighted by atomic mass is 9.99. The highest BCUT2D eigenvalue weighted by Gasteiger charge is 2.36. The van der Waals surface area contributed by atoms with Crippen molar-refractivity contribution in [1.82, 2.24) is 15.3 Å². The van der Waals surface area contributed by atoms with Gasteiger partial charge in [-0.1, -0.05) is 0 Å². The van der Waals surface area contributed by atoms with Gasteiger partial charge in [0, 0.05) is 18.2 Å². The number of hydrogen-bond donors (Lipinski definition) is 3. The van der Waals surface area contributed by atoms with Gasteiger partial charge < -0.3 is 15.0 Å². The highest BCUT2D eigenvalue weighted by molar-refractivity contribution is 7.71. The van der Waals surface area contributed by atoms with E-state index in [0.29, 0.717) is 29.0 Å². The molecule has 4 rings (SSSR count). The average Bonchev–Trinajstić information content (AvgIpc) is 3.39. The Morgan fingerprint density at radius 3 is 2.88 bits per heavy atom. The summed E-state index contributed by atoms with van der Waals surface area (Å²) < 4.78 is 6.05. The van der Waals surface area contributed by atoms with Crippen molar-refractivity contribution in [3.05, 3.63) is 38.9 Å². The second kappa shape index (κ2) is 6.14. The zero-order valence-electron chi connectivity index (χ0n) is 13.1. The van der Waals surface area contributed by atoms with Gasteiger partial charge in [0.15, 0.2) is 4.77 Å². The Bertz CT molecular complexity index is 900. The highest BCUT2D eigenvalue weighted by atomic mass is 32.1. The SMILES string of the molecule is O=C(N[C@H]1CCO[C@@H](C2CC2)C1)c1ccc2c(=O)[nH]c(=S)[nH]c2c1. The van der Waals surface area contributed by atoms with E-state index in [4.69, 9.17) is 17.0 Å². The molecule has 1 aromatic carbocycles. The maximum absolute atomic E-state index is 12.5. The number of fused-ring (bicyclic) bond motifs is 1. The number of ether oxygens (including phenoxy) is 1. The smallest absolute Gasteiger partial charge is 0.259 e. The number of H-pyrrole nitrogens is 2. The molecule has 2 atom stereocenters. The number of benzene rings is 1. The Morgan fingerprint density at radius 1 is 1.25 bits per heavy atom. The van der Waals surface area contributed by atoms with E-state index in [2.05, 4.69) is 15.3 Å². The van der Waals surface area contributed by atoms with E-state index in [-0.39, 0.29) is 28.4 Å². The van der Waals surface area contributed by atoms with Crippen LogP contribution < -0.4 is 10.9 Å². The Morgan fingerprint density at radius 2 is 2.08 bits per heavy atom. The van der Waals surface area contributed by atoms with Gasteiger partial charge in [-0.15, -0.1) is 0 Å². The summed E-state index contributed by atoms with van der Waals surface area (Å²) in [6, 6.07) is 5.13. The summed E-state index contributed by atoms with van der Waals surface area (Å²) in [5.41, 5.74) is 0.838. The molecule has 0 radical (unpaired) electrons. The van der Waals surface area contributed by atoms with Crippen LogP contribution in [0.5, 0.6) is 0 Å². The van der Waals surface area contributed by atoms with Crippen LogP contribution in [0.1, 0.15) is 36.0 Å². The first-order valence-electron chi connectivity index (χ1n) is 8.29. The molecule has 1 saturated heterocycles. The minimum absolute atomic E-state index is 0.127. The maximum atomic E-state index is 12.5. The van der Waals surface area contributed by atoms with Crippen molar-refractivity contribution in [3.63, 3.8) is 0 Å². The van der Waals surface area contributed by atoms with E-state index in [1.54, 1.807) is 18.2 Å². The van der Waals surface area contributed by atoms with Crippen molar-refractivity contribution < 1.29 is 9.53 Å². The van der Waals surface area contributed by atoms with Gasteiger partial charge >= 0.3 is 0 Å². The number of nitrogens with one attached hydrogen (secondary N) is 3. The van der Waals surface area contributed by atoms with Gasteiger partial charge in [0.2, 0.25) is 0 Å². The Hall–Kier alpha value is -1.99. The first kappa shape index (κ1) is 15.5. The monoisotopic (exact) mass is 345 g/mol. The van der Waals surface area contributed by atoms with Crippen LogP contribution in [0.3, 0.4) is 0 Å². The number of hydrogen-bond acceptors (Lipinski definition) is 4. The molecule has 7 heteroatoms. The topological polar surface area (TPSA) is 87.0 Å². The molecule has 1 aliphatic carbocycles. The van der Waals surface area contributed by atoms with Gasteiger partial charge in [0.05, 0.1) is 17.0 Å². The molecule has 2 aliphatic rings. The fraction of sp³-hybridized carbons (Fsp3) is 0.471. The second-order valence-electron chi connectivity index (χ2n) is 6.61. The molecule has 1 saturated carbocycles. The third-order valence-corrected chi connectivity index (χ3v) is 5.00. The summed E-state index contributed by atoms with van der Waals surface area (Å²) in [5.74, 6) is 0.551. The minimum atomic E-state index is -0.252. The predicted molar refractivity (Wildman–Crippen MR) is 92.7 cm³/mol. The summed E-state index contributed by atoms with van der Waals surface area (Å²) in [5, 5.41) is 3.58. The van der Waals surface area contributed by atoms with Gasteiger partial charge in [-0.05, 0) is 62.0 Å². The molecule has 0 bridgehead atoms. The summed E-state index contributed by atoms with van der Waals surface area (Å²) in [4.78, 5) is 29.8. The summed E-state index contributed by atoms with van der Waals surface area (Å²) >= 11 is 4.98. The molecule has 1 aliphatic heterocycles. The quantitative estimate of drug-likeness (QED) is 0.745. The van der Waals surface area contributed by atoms with Crippen LogP contribution in [0.15, 0.2) is 23.0 Å². The molecule has 2 aromatic rings. The van der Waals surface area contributed by atoms with Crippen molar-refractivity contribution in [3.8, 4) is 0 Å². The van der Waals surface area contributed by atoms with Crippen molar-refractivity contribution in [2.24, 2.45) is 5.92 Å². The lowest BCUT2D eigenvalue weighted by molar-refractivity contribution is -0.0102. The largest absolute Gasteiger partial charge is 0.378 e. The number of carbonyl (C=O) groups is 1. The summed E-state index contributed by atoms with van der Waals surface area (Å²) in [7, 11) is 0. The van der Waals surface area contributed by atoms with Crippen molar-refractivity contribution in [2.75, 3.05) is 6.61 Å². The van der Waals surface area contributed by atoms with Gasteiger partial charge in [0.1, 0.15) is 0 Å². The maximum Gasteiger partial charge on any atom is 0.259 e. The molecule has 2 fully saturated rings. The molecule has 3 N–H and O–H groups in total. The van der Waals surface area contributed by atoms with Gasteiger partial charge in [-0.2, -0.15) is 0 Å². The third kappa shape index (κ3) is 3.14. The fourth-order valence-electron chi connectivity index (χ4n) is 3.34. The van der Waals surface area contributed by atoms with E-state index in [9.17, 15) is 9.59 Å². The highest BCUT2D eigenvalue weighted by Crippen LogP contribution is 2.38.